The van der Waals surface area contributed by atoms with Gasteiger partial charge in [0.1, 0.15) is 0 Å². The molecule has 2 rings (SSSR count). The second kappa shape index (κ2) is 6.56. The van der Waals surface area contributed by atoms with Crippen molar-refractivity contribution in [2.75, 3.05) is 35.6 Å². The predicted octanol–water partition coefficient (Wildman–Crippen LogP) is 3.75. The zero-order valence-corrected chi connectivity index (χ0v) is 13.7. The maximum Gasteiger partial charge on any atom is 0.273 e. The summed E-state index contributed by atoms with van der Waals surface area (Å²) >= 11 is 1.96. The van der Waals surface area contributed by atoms with Crippen LogP contribution in [-0.4, -0.2) is 35.1 Å². The smallest absolute Gasteiger partial charge is 0.273 e. The van der Waals surface area contributed by atoms with Crippen LogP contribution in [-0.2, 0) is 0 Å². The third kappa shape index (κ3) is 4.27. The average molecular weight is 309 g/mol. The summed E-state index contributed by atoms with van der Waals surface area (Å²) in [6.07, 6.45) is 0.991. The van der Waals surface area contributed by atoms with Gasteiger partial charge in [-0.3, -0.25) is 10.1 Å². The number of thioether (sulfide) groups is 1. The predicted molar refractivity (Wildman–Crippen MR) is 90.6 cm³/mol. The first-order chi connectivity index (χ1) is 9.91. The molecule has 1 saturated heterocycles. The number of rotatable bonds is 5. The van der Waals surface area contributed by atoms with E-state index in [-0.39, 0.29) is 15.4 Å². The molecule has 0 amide bonds. The molecule has 0 aliphatic carbocycles. The molecule has 5 nitrogen and oxygen atoms in total. The first-order valence-corrected chi connectivity index (χ1v) is 8.32. The van der Waals surface area contributed by atoms with Gasteiger partial charge in [-0.05, 0) is 26.3 Å². The summed E-state index contributed by atoms with van der Waals surface area (Å²) in [4.78, 5) is 13.1. The molecule has 1 N–H and O–H groups in total. The van der Waals surface area contributed by atoms with Crippen molar-refractivity contribution in [3.05, 3.63) is 28.3 Å². The maximum atomic E-state index is 11.1. The van der Waals surface area contributed by atoms with E-state index in [0.29, 0.717) is 0 Å². The molecule has 1 aliphatic rings. The minimum absolute atomic E-state index is 0.155. The molecule has 1 fully saturated rings. The second-order valence-electron chi connectivity index (χ2n) is 5.95. The lowest BCUT2D eigenvalue weighted by Gasteiger charge is -2.39. The number of anilines is 2. The molecule has 0 spiro atoms. The van der Waals surface area contributed by atoms with E-state index in [4.69, 9.17) is 0 Å². The third-order valence-corrected chi connectivity index (χ3v) is 4.78. The van der Waals surface area contributed by atoms with Gasteiger partial charge in [-0.25, -0.2) is 0 Å². The van der Waals surface area contributed by atoms with Crippen molar-refractivity contribution in [1.29, 1.82) is 0 Å². The van der Waals surface area contributed by atoms with Gasteiger partial charge in [0.15, 0.2) is 0 Å². The van der Waals surface area contributed by atoms with Gasteiger partial charge in [0.2, 0.25) is 0 Å². The highest BCUT2D eigenvalue weighted by molar-refractivity contribution is 8.00. The number of nitro benzene ring substituents is 1. The quantitative estimate of drug-likeness (QED) is 0.663. The van der Waals surface area contributed by atoms with Gasteiger partial charge in [0.25, 0.3) is 5.69 Å². The number of hydrogen-bond acceptors (Lipinski definition) is 5. The lowest BCUT2D eigenvalue weighted by atomic mass is 10.1. The van der Waals surface area contributed by atoms with Gasteiger partial charge >= 0.3 is 0 Å². The van der Waals surface area contributed by atoms with Crippen molar-refractivity contribution in [2.45, 2.75) is 31.9 Å². The molecule has 6 heteroatoms. The fraction of sp³-hybridized carbons (Fsp3) is 0.600. The Morgan fingerprint density at radius 1 is 1.43 bits per heavy atom. The van der Waals surface area contributed by atoms with E-state index in [2.05, 4.69) is 31.0 Å². The van der Waals surface area contributed by atoms with E-state index in [9.17, 15) is 10.1 Å². The molecule has 0 unspecified atom stereocenters. The van der Waals surface area contributed by atoms with Gasteiger partial charge in [0.05, 0.1) is 4.92 Å². The van der Waals surface area contributed by atoms with Crippen LogP contribution in [0.4, 0.5) is 17.1 Å². The van der Waals surface area contributed by atoms with Crippen molar-refractivity contribution in [1.82, 2.24) is 0 Å². The molecule has 21 heavy (non-hydrogen) atoms. The summed E-state index contributed by atoms with van der Waals surface area (Å²) in [6, 6.07) is 5.32. The van der Waals surface area contributed by atoms with E-state index in [1.54, 1.807) is 12.1 Å². The Labute approximate surface area is 130 Å². The summed E-state index contributed by atoms with van der Waals surface area (Å²) in [5.74, 6) is 1.05. The topological polar surface area (TPSA) is 58.4 Å². The summed E-state index contributed by atoms with van der Waals surface area (Å²) < 4.78 is 0.180. The van der Waals surface area contributed by atoms with Crippen molar-refractivity contribution in [3.8, 4) is 0 Å². The standard InChI is InChI=1S/C15H23N3O2S/c1-4-5-16-12-8-13(10-14(9-12)18(19)20)17-6-7-21-15(2,3)11-17/h8-10,16H,4-7,11H2,1-3H3. The normalized spacial score (nSPS) is 17.6. The molecule has 0 saturated carbocycles. The third-order valence-electron chi connectivity index (χ3n) is 3.48. The van der Waals surface area contributed by atoms with E-state index in [1.807, 2.05) is 17.8 Å². The van der Waals surface area contributed by atoms with Crippen LogP contribution in [0.15, 0.2) is 18.2 Å². The van der Waals surface area contributed by atoms with E-state index >= 15 is 0 Å². The van der Waals surface area contributed by atoms with Gasteiger partial charge < -0.3 is 10.2 Å². The fourth-order valence-electron chi connectivity index (χ4n) is 2.49. The Balaban J connectivity index is 2.28. The lowest BCUT2D eigenvalue weighted by molar-refractivity contribution is -0.384. The highest BCUT2D eigenvalue weighted by atomic mass is 32.2. The molecule has 0 radical (unpaired) electrons. The lowest BCUT2D eigenvalue weighted by Crippen LogP contribution is -2.43. The van der Waals surface area contributed by atoms with Crippen LogP contribution in [0.25, 0.3) is 0 Å². The fourth-order valence-corrected chi connectivity index (χ4v) is 3.60. The average Bonchev–Trinajstić information content (AvgIpc) is 2.43. The van der Waals surface area contributed by atoms with Crippen molar-refractivity contribution in [3.63, 3.8) is 0 Å². The van der Waals surface area contributed by atoms with Crippen LogP contribution in [0.2, 0.25) is 0 Å². The van der Waals surface area contributed by atoms with Gasteiger partial charge in [-0.15, -0.1) is 0 Å². The minimum atomic E-state index is -0.315. The minimum Gasteiger partial charge on any atom is -0.385 e. The number of benzene rings is 1. The molecular formula is C15H23N3O2S. The van der Waals surface area contributed by atoms with Crippen LogP contribution in [0.1, 0.15) is 27.2 Å². The largest absolute Gasteiger partial charge is 0.385 e. The molecule has 1 aromatic carbocycles. The van der Waals surface area contributed by atoms with Gasteiger partial charge in [-0.1, -0.05) is 6.92 Å². The molecule has 1 aromatic rings. The number of non-ortho nitro benzene ring substituents is 1. The Morgan fingerprint density at radius 2 is 2.19 bits per heavy atom. The molecule has 0 atom stereocenters. The zero-order valence-electron chi connectivity index (χ0n) is 12.9. The van der Waals surface area contributed by atoms with Crippen LogP contribution in [0, 0.1) is 10.1 Å². The Hall–Kier alpha value is -1.43. The Bertz CT molecular complexity index is 520. The van der Waals surface area contributed by atoms with Crippen molar-refractivity contribution < 1.29 is 4.92 Å². The molecular weight excluding hydrogens is 286 g/mol. The van der Waals surface area contributed by atoms with Gasteiger partial charge in [0, 0.05) is 53.6 Å². The zero-order chi connectivity index (χ0) is 15.5. The second-order valence-corrected chi connectivity index (χ2v) is 7.75. The number of nitro groups is 1. The first-order valence-electron chi connectivity index (χ1n) is 7.33. The van der Waals surface area contributed by atoms with Gasteiger partial charge in [-0.2, -0.15) is 11.8 Å². The Kier molecular flexibility index (Phi) is 4.98. The highest BCUT2D eigenvalue weighted by Crippen LogP contribution is 2.34. The van der Waals surface area contributed by atoms with Crippen LogP contribution >= 0.6 is 11.8 Å². The Morgan fingerprint density at radius 3 is 2.81 bits per heavy atom. The van der Waals surface area contributed by atoms with Crippen molar-refractivity contribution >= 4 is 28.8 Å². The summed E-state index contributed by atoms with van der Waals surface area (Å²) in [5, 5.41) is 14.4. The van der Waals surface area contributed by atoms with E-state index in [1.165, 1.54) is 0 Å². The molecule has 0 aromatic heterocycles. The molecule has 0 bridgehead atoms. The SMILES string of the molecule is CCCNc1cc(N2CCSC(C)(C)C2)cc([N+](=O)[O-])c1. The van der Waals surface area contributed by atoms with E-state index < -0.39 is 0 Å². The van der Waals surface area contributed by atoms with Crippen LogP contribution < -0.4 is 10.2 Å². The van der Waals surface area contributed by atoms with E-state index in [0.717, 1.165) is 43.2 Å². The summed E-state index contributed by atoms with van der Waals surface area (Å²) in [5.41, 5.74) is 1.93. The number of hydrogen-bond donors (Lipinski definition) is 1. The highest BCUT2D eigenvalue weighted by Gasteiger charge is 2.28. The number of nitrogens with zero attached hydrogens (tertiary/aromatic N) is 2. The molecule has 116 valence electrons. The first kappa shape index (κ1) is 15.9. The van der Waals surface area contributed by atoms with Crippen molar-refractivity contribution in [2.24, 2.45) is 0 Å². The van der Waals surface area contributed by atoms with Crippen LogP contribution in [0.5, 0.6) is 0 Å². The van der Waals surface area contributed by atoms with Crippen LogP contribution in [0.3, 0.4) is 0 Å². The summed E-state index contributed by atoms with van der Waals surface area (Å²) in [7, 11) is 0. The summed E-state index contributed by atoms with van der Waals surface area (Å²) in [6.45, 7) is 9.18. The monoisotopic (exact) mass is 309 g/mol. The molecule has 1 aliphatic heterocycles. The number of nitrogens with one attached hydrogen (secondary N) is 1. The maximum absolute atomic E-state index is 11.1. The molecule has 1 heterocycles.